The van der Waals surface area contributed by atoms with Gasteiger partial charge in [0, 0.05) is 6.54 Å². The third-order valence-electron chi connectivity index (χ3n) is 2.45. The standard InChI is InChI=1S/C11H15N5/c1-12-8-10(9-6-4-3-5-7-9)11-13-15-16(2)14-11/h3-7,10,12H,8H2,1-2H3. The highest BCUT2D eigenvalue weighted by Crippen LogP contribution is 2.19. The zero-order chi connectivity index (χ0) is 11.4. The van der Waals surface area contributed by atoms with Crippen LogP contribution < -0.4 is 5.32 Å². The van der Waals surface area contributed by atoms with E-state index in [4.69, 9.17) is 0 Å². The van der Waals surface area contributed by atoms with Gasteiger partial charge in [-0.3, -0.25) is 0 Å². The number of hydrogen-bond donors (Lipinski definition) is 1. The van der Waals surface area contributed by atoms with Crippen LogP contribution in [-0.4, -0.2) is 33.8 Å². The summed E-state index contributed by atoms with van der Waals surface area (Å²) in [5.74, 6) is 0.906. The average molecular weight is 217 g/mol. The Morgan fingerprint density at radius 2 is 2.06 bits per heavy atom. The number of nitrogens with one attached hydrogen (secondary N) is 1. The van der Waals surface area contributed by atoms with Crippen molar-refractivity contribution in [2.45, 2.75) is 5.92 Å². The van der Waals surface area contributed by atoms with E-state index in [1.54, 1.807) is 7.05 Å². The van der Waals surface area contributed by atoms with Crippen LogP contribution in [-0.2, 0) is 7.05 Å². The van der Waals surface area contributed by atoms with E-state index in [9.17, 15) is 0 Å². The first-order valence-electron chi connectivity index (χ1n) is 5.24. The molecule has 1 heterocycles. The predicted molar refractivity (Wildman–Crippen MR) is 61.0 cm³/mol. The summed E-state index contributed by atoms with van der Waals surface area (Å²) in [6, 6.07) is 10.2. The van der Waals surface area contributed by atoms with Crippen molar-refractivity contribution in [2.24, 2.45) is 7.05 Å². The predicted octanol–water partition coefficient (Wildman–Crippen LogP) is 0.561. The quantitative estimate of drug-likeness (QED) is 0.813. The lowest BCUT2D eigenvalue weighted by molar-refractivity contribution is 0.619. The number of nitrogens with zero attached hydrogens (tertiary/aromatic N) is 4. The molecule has 84 valence electrons. The van der Waals surface area contributed by atoms with E-state index in [1.807, 2.05) is 25.2 Å². The largest absolute Gasteiger partial charge is 0.319 e. The molecule has 16 heavy (non-hydrogen) atoms. The Morgan fingerprint density at radius 3 is 2.62 bits per heavy atom. The molecule has 0 aliphatic carbocycles. The van der Waals surface area contributed by atoms with Gasteiger partial charge in [0.05, 0.1) is 13.0 Å². The van der Waals surface area contributed by atoms with E-state index in [0.29, 0.717) is 0 Å². The van der Waals surface area contributed by atoms with Gasteiger partial charge in [0.2, 0.25) is 0 Å². The highest BCUT2D eigenvalue weighted by atomic mass is 15.6. The Labute approximate surface area is 94.5 Å². The molecule has 0 saturated carbocycles. The van der Waals surface area contributed by atoms with Crippen molar-refractivity contribution in [3.63, 3.8) is 0 Å². The summed E-state index contributed by atoms with van der Waals surface area (Å²) < 4.78 is 0. The number of hydrogen-bond acceptors (Lipinski definition) is 4. The molecule has 1 aromatic carbocycles. The van der Waals surface area contributed by atoms with Crippen LogP contribution >= 0.6 is 0 Å². The van der Waals surface area contributed by atoms with Crippen molar-refractivity contribution in [3.05, 3.63) is 41.7 Å². The third kappa shape index (κ3) is 2.25. The van der Waals surface area contributed by atoms with Gasteiger partial charge in [0.15, 0.2) is 5.82 Å². The van der Waals surface area contributed by atoms with E-state index >= 15 is 0 Å². The molecular formula is C11H15N5. The van der Waals surface area contributed by atoms with Gasteiger partial charge in [-0.05, 0) is 17.8 Å². The van der Waals surface area contributed by atoms with Crippen molar-refractivity contribution >= 4 is 0 Å². The normalized spacial score (nSPS) is 12.6. The fraction of sp³-hybridized carbons (Fsp3) is 0.364. The van der Waals surface area contributed by atoms with Gasteiger partial charge in [-0.2, -0.15) is 4.80 Å². The smallest absolute Gasteiger partial charge is 0.183 e. The number of benzene rings is 1. The van der Waals surface area contributed by atoms with Crippen molar-refractivity contribution in [1.29, 1.82) is 0 Å². The Balaban J connectivity index is 2.31. The Morgan fingerprint density at radius 1 is 1.31 bits per heavy atom. The number of likely N-dealkylation sites (N-methyl/N-ethyl adjacent to an activating group) is 1. The maximum absolute atomic E-state index is 4.26. The first-order valence-corrected chi connectivity index (χ1v) is 5.24. The van der Waals surface area contributed by atoms with Crippen molar-refractivity contribution in [3.8, 4) is 0 Å². The summed E-state index contributed by atoms with van der Waals surface area (Å²) in [6.45, 7) is 0.801. The lowest BCUT2D eigenvalue weighted by Crippen LogP contribution is -2.19. The topological polar surface area (TPSA) is 55.6 Å². The summed E-state index contributed by atoms with van der Waals surface area (Å²) in [5, 5.41) is 15.4. The maximum atomic E-state index is 4.26. The highest BCUT2D eigenvalue weighted by Gasteiger charge is 2.17. The van der Waals surface area contributed by atoms with E-state index in [1.165, 1.54) is 10.4 Å². The fourth-order valence-corrected chi connectivity index (χ4v) is 1.69. The lowest BCUT2D eigenvalue weighted by Gasteiger charge is -2.12. The number of tetrazole rings is 1. The molecule has 1 N–H and O–H groups in total. The number of aromatic nitrogens is 4. The minimum absolute atomic E-state index is 0.153. The molecule has 0 fully saturated rings. The summed E-state index contributed by atoms with van der Waals surface area (Å²) in [7, 11) is 3.70. The van der Waals surface area contributed by atoms with Gasteiger partial charge in [0.1, 0.15) is 0 Å². The van der Waals surface area contributed by atoms with Crippen LogP contribution in [0.1, 0.15) is 17.3 Å². The van der Waals surface area contributed by atoms with Gasteiger partial charge < -0.3 is 5.32 Å². The second-order valence-corrected chi connectivity index (χ2v) is 3.66. The van der Waals surface area contributed by atoms with E-state index in [2.05, 4.69) is 32.9 Å². The van der Waals surface area contributed by atoms with Crippen LogP contribution in [0.2, 0.25) is 0 Å². The van der Waals surface area contributed by atoms with Crippen LogP contribution in [0, 0.1) is 0 Å². The van der Waals surface area contributed by atoms with Gasteiger partial charge in [-0.1, -0.05) is 30.3 Å². The van der Waals surface area contributed by atoms with Gasteiger partial charge in [0.25, 0.3) is 0 Å². The highest BCUT2D eigenvalue weighted by molar-refractivity contribution is 5.25. The van der Waals surface area contributed by atoms with Crippen molar-refractivity contribution in [1.82, 2.24) is 25.5 Å². The molecule has 5 nitrogen and oxygen atoms in total. The number of aryl methyl sites for hydroxylation is 1. The maximum Gasteiger partial charge on any atom is 0.183 e. The summed E-state index contributed by atoms with van der Waals surface area (Å²) >= 11 is 0. The summed E-state index contributed by atoms with van der Waals surface area (Å²) in [4.78, 5) is 1.49. The van der Waals surface area contributed by atoms with Gasteiger partial charge >= 0.3 is 0 Å². The zero-order valence-electron chi connectivity index (χ0n) is 9.46. The first-order chi connectivity index (χ1) is 7.81. The Kier molecular flexibility index (Phi) is 3.26. The third-order valence-corrected chi connectivity index (χ3v) is 2.45. The average Bonchev–Trinajstić information content (AvgIpc) is 2.74. The second kappa shape index (κ2) is 4.85. The fourth-order valence-electron chi connectivity index (χ4n) is 1.69. The Bertz CT molecular complexity index is 437. The SMILES string of the molecule is CNCC(c1ccccc1)c1nnn(C)n1. The molecule has 5 heteroatoms. The van der Waals surface area contributed by atoms with Crippen LogP contribution in [0.15, 0.2) is 30.3 Å². The van der Waals surface area contributed by atoms with Crippen LogP contribution in [0.3, 0.4) is 0 Å². The molecule has 2 aromatic rings. The molecule has 1 unspecified atom stereocenters. The molecule has 0 bridgehead atoms. The van der Waals surface area contributed by atoms with E-state index in [0.717, 1.165) is 12.4 Å². The molecule has 0 aliphatic heterocycles. The van der Waals surface area contributed by atoms with Crippen LogP contribution in [0.4, 0.5) is 0 Å². The lowest BCUT2D eigenvalue weighted by atomic mass is 9.98. The minimum Gasteiger partial charge on any atom is -0.319 e. The minimum atomic E-state index is 0.153. The molecular weight excluding hydrogens is 202 g/mol. The molecule has 0 saturated heterocycles. The van der Waals surface area contributed by atoms with Crippen LogP contribution in [0.5, 0.6) is 0 Å². The molecule has 0 aliphatic rings. The van der Waals surface area contributed by atoms with E-state index in [-0.39, 0.29) is 5.92 Å². The van der Waals surface area contributed by atoms with E-state index < -0.39 is 0 Å². The second-order valence-electron chi connectivity index (χ2n) is 3.66. The molecule has 0 amide bonds. The van der Waals surface area contributed by atoms with Crippen molar-refractivity contribution < 1.29 is 0 Å². The van der Waals surface area contributed by atoms with Gasteiger partial charge in [-0.25, -0.2) is 0 Å². The summed E-state index contributed by atoms with van der Waals surface area (Å²) in [5.41, 5.74) is 1.20. The molecule has 1 aromatic heterocycles. The Hall–Kier alpha value is -1.75. The molecule has 0 spiro atoms. The molecule has 0 radical (unpaired) electrons. The molecule has 1 atom stereocenters. The number of rotatable bonds is 4. The monoisotopic (exact) mass is 217 g/mol. The zero-order valence-corrected chi connectivity index (χ0v) is 9.46. The summed E-state index contributed by atoms with van der Waals surface area (Å²) in [6.07, 6.45) is 0. The first kappa shape index (κ1) is 10.8. The molecule has 2 rings (SSSR count). The van der Waals surface area contributed by atoms with Crippen molar-refractivity contribution in [2.75, 3.05) is 13.6 Å². The van der Waals surface area contributed by atoms with Crippen LogP contribution in [0.25, 0.3) is 0 Å². The van der Waals surface area contributed by atoms with Gasteiger partial charge in [-0.15, -0.1) is 10.2 Å².